The minimum Gasteiger partial charge on any atom is -0.274 e. The van der Waals surface area contributed by atoms with Crippen LogP contribution < -0.4 is 4.90 Å². The molecule has 0 spiro atoms. The van der Waals surface area contributed by atoms with E-state index in [-0.39, 0.29) is 35.5 Å². The summed E-state index contributed by atoms with van der Waals surface area (Å²) in [6.07, 6.45) is 0.876. The van der Waals surface area contributed by atoms with Gasteiger partial charge in [-0.05, 0) is 93.8 Å². The molecular formula is C28H22INO2. The number of benzene rings is 3. The Bertz CT molecular complexity index is 1210. The summed E-state index contributed by atoms with van der Waals surface area (Å²) < 4.78 is 1.10. The lowest BCUT2D eigenvalue weighted by Crippen LogP contribution is -2.33. The smallest absolute Gasteiger partial charge is 0.238 e. The van der Waals surface area contributed by atoms with Crippen LogP contribution in [0.25, 0.3) is 11.1 Å². The molecule has 3 aromatic carbocycles. The summed E-state index contributed by atoms with van der Waals surface area (Å²) in [7, 11) is 0. The first-order chi connectivity index (χ1) is 15.6. The van der Waals surface area contributed by atoms with Crippen LogP contribution in [0.5, 0.6) is 0 Å². The van der Waals surface area contributed by atoms with Gasteiger partial charge in [0.1, 0.15) is 0 Å². The maximum Gasteiger partial charge on any atom is 0.238 e. The van der Waals surface area contributed by atoms with Crippen LogP contribution in [0.1, 0.15) is 23.1 Å². The molecule has 2 bridgehead atoms. The predicted octanol–water partition coefficient (Wildman–Crippen LogP) is 5.97. The molecule has 1 heterocycles. The number of hydrogen-bond donors (Lipinski definition) is 0. The number of nitrogens with zero attached hydrogens (tertiary/aromatic N) is 1. The van der Waals surface area contributed by atoms with Crippen LogP contribution in [0.4, 0.5) is 5.69 Å². The first-order valence-electron chi connectivity index (χ1n) is 11.0. The minimum atomic E-state index is -0.270. The van der Waals surface area contributed by atoms with Crippen molar-refractivity contribution in [3.05, 3.63) is 99.1 Å². The van der Waals surface area contributed by atoms with Crippen molar-refractivity contribution in [1.29, 1.82) is 0 Å². The molecule has 1 aliphatic heterocycles. The minimum absolute atomic E-state index is 0.0302. The largest absolute Gasteiger partial charge is 0.274 e. The van der Waals surface area contributed by atoms with E-state index in [2.05, 4.69) is 71.1 Å². The number of amides is 2. The third-order valence-corrected chi connectivity index (χ3v) is 8.04. The van der Waals surface area contributed by atoms with Crippen molar-refractivity contribution in [3.8, 4) is 0 Å². The van der Waals surface area contributed by atoms with Gasteiger partial charge in [0.25, 0.3) is 0 Å². The number of carbonyl (C=O) groups is 2. The van der Waals surface area contributed by atoms with E-state index in [0.29, 0.717) is 0 Å². The van der Waals surface area contributed by atoms with Crippen molar-refractivity contribution < 1.29 is 9.59 Å². The number of hydrogen-bond acceptors (Lipinski definition) is 2. The van der Waals surface area contributed by atoms with Gasteiger partial charge in [0, 0.05) is 3.57 Å². The number of allylic oxidation sites excluding steroid dienone is 2. The Balaban J connectivity index is 1.49. The fourth-order valence-corrected chi connectivity index (χ4v) is 6.85. The van der Waals surface area contributed by atoms with E-state index in [1.54, 1.807) is 0 Å². The van der Waals surface area contributed by atoms with E-state index in [0.717, 1.165) is 21.2 Å². The summed E-state index contributed by atoms with van der Waals surface area (Å²) in [6.45, 7) is 1.98. The fourth-order valence-electron chi connectivity index (χ4n) is 6.20. The van der Waals surface area contributed by atoms with Crippen molar-refractivity contribution in [2.75, 3.05) is 4.90 Å². The highest BCUT2D eigenvalue weighted by Crippen LogP contribution is 2.64. The molecule has 3 nitrogen and oxygen atoms in total. The van der Waals surface area contributed by atoms with Crippen LogP contribution in [-0.2, 0) is 9.59 Å². The normalized spacial score (nSPS) is 26.2. The lowest BCUT2D eigenvalue weighted by Gasteiger charge is -2.27. The quantitative estimate of drug-likeness (QED) is 0.309. The van der Waals surface area contributed by atoms with E-state index in [9.17, 15) is 9.59 Å². The molecular weight excluding hydrogens is 509 g/mol. The molecule has 32 heavy (non-hydrogen) atoms. The van der Waals surface area contributed by atoms with Crippen LogP contribution in [0, 0.1) is 34.2 Å². The van der Waals surface area contributed by atoms with E-state index in [1.807, 2.05) is 37.3 Å². The van der Waals surface area contributed by atoms with Gasteiger partial charge in [-0.25, -0.2) is 4.90 Å². The Morgan fingerprint density at radius 1 is 0.750 bits per heavy atom. The lowest BCUT2D eigenvalue weighted by molar-refractivity contribution is -0.123. The van der Waals surface area contributed by atoms with Crippen molar-refractivity contribution in [1.82, 2.24) is 0 Å². The number of anilines is 1. The number of fused-ring (bicyclic) bond motifs is 5. The number of imide groups is 1. The Morgan fingerprint density at radius 2 is 1.25 bits per heavy atom. The monoisotopic (exact) mass is 531 g/mol. The third-order valence-electron chi connectivity index (χ3n) is 7.37. The second-order valence-corrected chi connectivity index (χ2v) is 10.2. The van der Waals surface area contributed by atoms with Gasteiger partial charge in [-0.3, -0.25) is 9.59 Å². The molecule has 0 radical (unpaired) electrons. The lowest BCUT2D eigenvalue weighted by atomic mass is 9.73. The molecule has 0 N–H and O–H groups in total. The molecule has 158 valence electrons. The maximum atomic E-state index is 13.7. The first-order valence-corrected chi connectivity index (χ1v) is 12.1. The van der Waals surface area contributed by atoms with Gasteiger partial charge < -0.3 is 0 Å². The van der Waals surface area contributed by atoms with Gasteiger partial charge in [0.2, 0.25) is 11.8 Å². The summed E-state index contributed by atoms with van der Waals surface area (Å²) in [5.41, 5.74) is 6.54. The predicted molar refractivity (Wildman–Crippen MR) is 135 cm³/mol. The van der Waals surface area contributed by atoms with Crippen LogP contribution in [-0.4, -0.2) is 11.8 Å². The average Bonchev–Trinajstić information content (AvgIpc) is 3.45. The van der Waals surface area contributed by atoms with Gasteiger partial charge in [-0.15, -0.1) is 0 Å². The van der Waals surface area contributed by atoms with E-state index in [1.165, 1.54) is 27.2 Å². The van der Waals surface area contributed by atoms with Crippen molar-refractivity contribution in [3.63, 3.8) is 0 Å². The molecule has 1 saturated carbocycles. The molecule has 4 atom stereocenters. The highest BCUT2D eigenvalue weighted by molar-refractivity contribution is 14.1. The SMILES string of the molecule is Cc1cc(I)ccc1N1C(=O)C2C3CC(C(c4ccccc4)=C3c3ccccc3)C2C1=O. The third kappa shape index (κ3) is 2.78. The number of rotatable bonds is 3. The van der Waals surface area contributed by atoms with Gasteiger partial charge >= 0.3 is 0 Å². The van der Waals surface area contributed by atoms with Crippen LogP contribution in [0.15, 0.2) is 78.9 Å². The Morgan fingerprint density at radius 3 is 1.72 bits per heavy atom. The number of carbonyl (C=O) groups excluding carboxylic acids is 2. The highest BCUT2D eigenvalue weighted by atomic mass is 127. The van der Waals surface area contributed by atoms with Gasteiger partial charge in [-0.1, -0.05) is 60.7 Å². The molecule has 3 aliphatic rings. The maximum absolute atomic E-state index is 13.7. The van der Waals surface area contributed by atoms with Crippen molar-refractivity contribution in [2.24, 2.45) is 23.7 Å². The average molecular weight is 531 g/mol. The molecule has 2 fully saturated rings. The standard InChI is InChI=1S/C28H22INO2/c1-16-14-19(29)12-13-22(16)30-27(31)25-20-15-21(26(25)28(30)32)24(18-10-6-3-7-11-18)23(20)17-8-4-2-5-9-17/h2-14,20-21,25-26H,15H2,1H3. The Hall–Kier alpha value is -2.73. The zero-order chi connectivity index (χ0) is 22.0. The zero-order valence-corrected chi connectivity index (χ0v) is 19.8. The molecule has 2 amide bonds. The van der Waals surface area contributed by atoms with Gasteiger partial charge in [-0.2, -0.15) is 0 Å². The Kier molecular flexibility index (Phi) is 4.61. The summed E-state index contributed by atoms with van der Waals surface area (Å²) in [4.78, 5) is 28.9. The van der Waals surface area contributed by atoms with Crippen LogP contribution >= 0.6 is 22.6 Å². The number of aryl methyl sites for hydroxylation is 1. The number of halogens is 1. The molecule has 2 aliphatic carbocycles. The molecule has 3 aromatic rings. The van der Waals surface area contributed by atoms with Gasteiger partial charge in [0.15, 0.2) is 0 Å². The first kappa shape index (κ1) is 19.9. The highest BCUT2D eigenvalue weighted by Gasteiger charge is 2.64. The fraction of sp³-hybridized carbons (Fsp3) is 0.214. The molecule has 4 unspecified atom stereocenters. The van der Waals surface area contributed by atoms with E-state index in [4.69, 9.17) is 0 Å². The van der Waals surface area contributed by atoms with Crippen LogP contribution in [0.2, 0.25) is 0 Å². The zero-order valence-electron chi connectivity index (χ0n) is 17.7. The molecule has 0 aromatic heterocycles. The molecule has 4 heteroatoms. The van der Waals surface area contributed by atoms with Crippen molar-refractivity contribution in [2.45, 2.75) is 13.3 Å². The molecule has 1 saturated heterocycles. The Labute approximate surface area is 201 Å². The summed E-state index contributed by atoms with van der Waals surface area (Å²) in [5, 5.41) is 0. The topological polar surface area (TPSA) is 37.4 Å². The summed E-state index contributed by atoms with van der Waals surface area (Å²) in [6, 6.07) is 26.7. The van der Waals surface area contributed by atoms with Crippen molar-refractivity contribution >= 4 is 51.2 Å². The van der Waals surface area contributed by atoms with E-state index < -0.39 is 0 Å². The van der Waals surface area contributed by atoms with E-state index >= 15 is 0 Å². The summed E-state index contributed by atoms with van der Waals surface area (Å²) >= 11 is 2.26. The second kappa shape index (κ2) is 7.41. The van der Waals surface area contributed by atoms with Gasteiger partial charge in [0.05, 0.1) is 17.5 Å². The summed E-state index contributed by atoms with van der Waals surface area (Å²) in [5.74, 6) is -0.446. The van der Waals surface area contributed by atoms with Crippen LogP contribution in [0.3, 0.4) is 0 Å². The molecule has 6 rings (SSSR count). The second-order valence-electron chi connectivity index (χ2n) is 9.00.